The second-order valence-electron chi connectivity index (χ2n) is 17.7. The number of hydrogen-bond acceptors (Lipinski definition) is 8. The first-order valence-corrected chi connectivity index (χ1v) is 20.5. The van der Waals surface area contributed by atoms with Gasteiger partial charge in [0.2, 0.25) is 17.7 Å². The summed E-state index contributed by atoms with van der Waals surface area (Å²) in [7, 11) is 6.91. The normalized spacial score (nSPS) is 20.1. The highest BCUT2D eigenvalue weighted by molar-refractivity contribution is 5.90. The molecule has 1 heterocycles. The molecule has 0 saturated carbocycles. The molecule has 2 N–H and O–H groups in total. The highest BCUT2D eigenvalue weighted by atomic mass is 16.5. The van der Waals surface area contributed by atoms with E-state index in [0.29, 0.717) is 18.5 Å². The number of likely N-dealkylation sites (tertiary alicyclic amines) is 1. The van der Waals surface area contributed by atoms with E-state index in [1.54, 1.807) is 40.0 Å². The summed E-state index contributed by atoms with van der Waals surface area (Å²) in [5.74, 6) is -1.56. The van der Waals surface area contributed by atoms with Crippen molar-refractivity contribution in [3.05, 3.63) is 35.9 Å². The molecule has 314 valence electrons. The van der Waals surface area contributed by atoms with E-state index >= 15 is 0 Å². The highest BCUT2D eigenvalue weighted by Gasteiger charge is 2.44. The summed E-state index contributed by atoms with van der Waals surface area (Å²) in [6, 6.07) is 7.61. The summed E-state index contributed by atoms with van der Waals surface area (Å²) in [6.45, 7) is 22.6. The van der Waals surface area contributed by atoms with Crippen molar-refractivity contribution in [3.63, 3.8) is 0 Å². The molecule has 1 aliphatic heterocycles. The van der Waals surface area contributed by atoms with Gasteiger partial charge in [-0.3, -0.25) is 24.1 Å². The molecule has 1 saturated heterocycles. The summed E-state index contributed by atoms with van der Waals surface area (Å²) < 4.78 is 12.0. The number of carbonyl (C=O) groups is 4. The lowest BCUT2D eigenvalue weighted by molar-refractivity contribution is -0.149. The van der Waals surface area contributed by atoms with Crippen molar-refractivity contribution >= 4 is 23.5 Å². The first kappa shape index (κ1) is 48.3. The van der Waals surface area contributed by atoms with Crippen LogP contribution >= 0.6 is 0 Å². The predicted molar refractivity (Wildman–Crippen MR) is 219 cm³/mol. The number of likely N-dealkylation sites (N-methyl/N-ethyl adjacent to an activating group) is 2. The van der Waals surface area contributed by atoms with Crippen molar-refractivity contribution in [1.29, 1.82) is 0 Å². The van der Waals surface area contributed by atoms with Gasteiger partial charge in [-0.15, -0.1) is 0 Å². The van der Waals surface area contributed by atoms with Crippen molar-refractivity contribution < 1.29 is 33.8 Å². The second-order valence-corrected chi connectivity index (χ2v) is 17.7. The third kappa shape index (κ3) is 12.6. The van der Waals surface area contributed by atoms with Crippen LogP contribution in [0.4, 0.5) is 0 Å². The summed E-state index contributed by atoms with van der Waals surface area (Å²) in [6.07, 6.45) is 0.352. The fraction of sp³-hybridized carbons (Fsp3) is 0.773. The Hall–Kier alpha value is -2.86. The number of methoxy groups -OCH3 is 2. The number of rotatable bonds is 21. The average molecular weight is 773 g/mol. The van der Waals surface area contributed by atoms with E-state index in [4.69, 9.17) is 9.47 Å². The third-order valence-electron chi connectivity index (χ3n) is 12.2. The standard InChI is InChI=1S/C44H76N4O7/c1-16-29(6)39(46(12)43(53)33(27(2)3)25-35(49)38(28(4)5)47(13)44(9,10)11)36(54-14)26-37(50)48-24-20-23-34(48)41(55-15)30(7)42(52)45-31(8)40(51)32-21-18-17-19-22-32/h17-19,21-22,27-31,33-34,36,38-41,51H,16,20,23-26H2,1-15H3,(H,45,52). The molecular formula is C44H76N4O7. The van der Waals surface area contributed by atoms with Gasteiger partial charge in [-0.05, 0) is 70.9 Å². The lowest BCUT2D eigenvalue weighted by atomic mass is 9.83. The second kappa shape index (κ2) is 21.6. The molecule has 0 radical (unpaired) electrons. The zero-order valence-corrected chi connectivity index (χ0v) is 36.8. The van der Waals surface area contributed by atoms with Crippen LogP contribution < -0.4 is 5.32 Å². The van der Waals surface area contributed by atoms with Gasteiger partial charge < -0.3 is 29.7 Å². The Labute approximate surface area is 333 Å². The minimum absolute atomic E-state index is 0.00342. The summed E-state index contributed by atoms with van der Waals surface area (Å²) in [5.41, 5.74) is 0.497. The van der Waals surface area contributed by atoms with Crippen LogP contribution in [0.1, 0.15) is 120 Å². The molecule has 0 spiro atoms. The van der Waals surface area contributed by atoms with E-state index in [9.17, 15) is 24.3 Å². The van der Waals surface area contributed by atoms with Crippen LogP contribution in [0.2, 0.25) is 0 Å². The zero-order chi connectivity index (χ0) is 41.9. The van der Waals surface area contributed by atoms with E-state index in [0.717, 1.165) is 12.8 Å². The van der Waals surface area contributed by atoms with Crippen LogP contribution in [-0.4, -0.2) is 120 Å². The molecule has 0 aliphatic carbocycles. The molecule has 1 aliphatic rings. The van der Waals surface area contributed by atoms with Gasteiger partial charge in [-0.2, -0.15) is 0 Å². The fourth-order valence-electron chi connectivity index (χ4n) is 8.34. The Morgan fingerprint density at radius 3 is 2.02 bits per heavy atom. The Morgan fingerprint density at radius 1 is 0.927 bits per heavy atom. The first-order chi connectivity index (χ1) is 25.6. The predicted octanol–water partition coefficient (Wildman–Crippen LogP) is 6.13. The molecule has 55 heavy (non-hydrogen) atoms. The average Bonchev–Trinajstić information content (AvgIpc) is 3.62. The molecule has 1 fully saturated rings. The topological polar surface area (TPSA) is 129 Å². The third-order valence-corrected chi connectivity index (χ3v) is 12.2. The van der Waals surface area contributed by atoms with Gasteiger partial charge in [-0.25, -0.2) is 0 Å². The van der Waals surface area contributed by atoms with Crippen LogP contribution in [-0.2, 0) is 28.7 Å². The van der Waals surface area contributed by atoms with Crippen molar-refractivity contribution in [3.8, 4) is 0 Å². The van der Waals surface area contributed by atoms with Crippen LogP contribution in [0.15, 0.2) is 30.3 Å². The van der Waals surface area contributed by atoms with Gasteiger partial charge in [0, 0.05) is 45.7 Å². The number of amides is 3. The minimum atomic E-state index is -0.874. The number of benzene rings is 1. The first-order valence-electron chi connectivity index (χ1n) is 20.5. The van der Waals surface area contributed by atoms with Crippen LogP contribution in [0.25, 0.3) is 0 Å². The molecule has 1 aromatic carbocycles. The monoisotopic (exact) mass is 773 g/mol. The van der Waals surface area contributed by atoms with E-state index in [-0.39, 0.29) is 71.7 Å². The van der Waals surface area contributed by atoms with Gasteiger partial charge in [0.1, 0.15) is 0 Å². The molecule has 11 heteroatoms. The van der Waals surface area contributed by atoms with E-state index in [1.807, 2.05) is 56.1 Å². The largest absolute Gasteiger partial charge is 0.386 e. The van der Waals surface area contributed by atoms with Crippen molar-refractivity contribution in [2.24, 2.45) is 29.6 Å². The number of ether oxygens (including phenoxy) is 2. The van der Waals surface area contributed by atoms with E-state index in [1.165, 1.54) is 0 Å². The van der Waals surface area contributed by atoms with Gasteiger partial charge in [0.15, 0.2) is 5.78 Å². The quantitative estimate of drug-likeness (QED) is 0.153. The maximum atomic E-state index is 14.5. The zero-order valence-electron chi connectivity index (χ0n) is 36.8. The molecule has 10 unspecified atom stereocenters. The lowest BCUT2D eigenvalue weighted by Crippen LogP contribution is -2.55. The number of nitrogens with one attached hydrogen (secondary N) is 1. The van der Waals surface area contributed by atoms with E-state index in [2.05, 4.69) is 58.7 Å². The minimum Gasteiger partial charge on any atom is -0.386 e. The van der Waals surface area contributed by atoms with Gasteiger partial charge >= 0.3 is 0 Å². The smallest absolute Gasteiger partial charge is 0.226 e. The SMILES string of the molecule is CCC(C)C(C(CC(=O)N1CCCC1C(OC)C(C)C(=O)NC(C)C(O)c1ccccc1)OC)N(C)C(=O)C(CC(=O)C(C(C)C)N(C)C(C)(C)C)C(C)C. The molecule has 0 bridgehead atoms. The molecule has 0 aromatic heterocycles. The number of Topliss-reactive ketones (excluding diaryl/α,β-unsaturated/α-hetero) is 1. The molecule has 3 amide bonds. The van der Waals surface area contributed by atoms with Gasteiger partial charge in [-0.1, -0.05) is 85.2 Å². The number of ketones is 1. The van der Waals surface area contributed by atoms with Gasteiger partial charge in [0.25, 0.3) is 0 Å². The molecule has 10 atom stereocenters. The van der Waals surface area contributed by atoms with E-state index < -0.39 is 42.2 Å². The number of carbonyl (C=O) groups excluding carboxylic acids is 4. The Kier molecular flexibility index (Phi) is 19.0. The maximum Gasteiger partial charge on any atom is 0.226 e. The highest BCUT2D eigenvalue weighted by Crippen LogP contribution is 2.32. The number of aliphatic hydroxyl groups excluding tert-OH is 1. The number of nitrogens with zero attached hydrogens (tertiary/aromatic N) is 3. The van der Waals surface area contributed by atoms with Crippen LogP contribution in [0, 0.1) is 29.6 Å². The van der Waals surface area contributed by atoms with Crippen molar-refractivity contribution in [2.45, 2.75) is 156 Å². The van der Waals surface area contributed by atoms with Crippen molar-refractivity contribution in [2.75, 3.05) is 34.9 Å². The summed E-state index contributed by atoms with van der Waals surface area (Å²) >= 11 is 0. The Bertz CT molecular complexity index is 1370. The summed E-state index contributed by atoms with van der Waals surface area (Å²) in [5, 5.41) is 13.8. The van der Waals surface area contributed by atoms with Crippen molar-refractivity contribution in [1.82, 2.24) is 20.0 Å². The maximum absolute atomic E-state index is 14.5. The molecular weight excluding hydrogens is 697 g/mol. The van der Waals surface area contributed by atoms with Crippen LogP contribution in [0.3, 0.4) is 0 Å². The Balaban J connectivity index is 2.28. The Morgan fingerprint density at radius 2 is 1.53 bits per heavy atom. The number of hydrogen-bond donors (Lipinski definition) is 2. The molecule has 1 aromatic rings. The number of aliphatic hydroxyl groups is 1. The molecule has 2 rings (SSSR count). The fourth-order valence-corrected chi connectivity index (χ4v) is 8.34. The summed E-state index contributed by atoms with van der Waals surface area (Å²) in [4.78, 5) is 61.9. The lowest BCUT2D eigenvalue weighted by Gasteiger charge is -2.42. The van der Waals surface area contributed by atoms with Crippen LogP contribution in [0.5, 0.6) is 0 Å². The van der Waals surface area contributed by atoms with Gasteiger partial charge in [0.05, 0.1) is 54.8 Å². The molecule has 11 nitrogen and oxygen atoms in total.